The van der Waals surface area contributed by atoms with E-state index in [0.29, 0.717) is 22.2 Å². The molecule has 0 atom stereocenters. The molecule has 108 valence electrons. The second kappa shape index (κ2) is 7.30. The average molecular weight is 321 g/mol. The Morgan fingerprint density at radius 3 is 2.43 bits per heavy atom. The van der Waals surface area contributed by atoms with Gasteiger partial charge in [0.1, 0.15) is 5.75 Å². The Kier molecular flexibility index (Phi) is 5.43. The lowest BCUT2D eigenvalue weighted by Gasteiger charge is -2.02. The highest BCUT2D eigenvalue weighted by Crippen LogP contribution is 2.23. The van der Waals surface area contributed by atoms with Gasteiger partial charge in [0.15, 0.2) is 5.78 Å². The molecule has 21 heavy (non-hydrogen) atoms. The molecule has 2 nitrogen and oxygen atoms in total. The van der Waals surface area contributed by atoms with Crippen molar-refractivity contribution < 1.29 is 9.53 Å². The van der Waals surface area contributed by atoms with Crippen molar-refractivity contribution in [2.75, 3.05) is 6.61 Å². The van der Waals surface area contributed by atoms with Gasteiger partial charge in [-0.3, -0.25) is 4.79 Å². The summed E-state index contributed by atoms with van der Waals surface area (Å²) >= 11 is 11.7. The summed E-state index contributed by atoms with van der Waals surface area (Å²) in [6.07, 6.45) is 3.26. The molecule has 0 amide bonds. The molecule has 0 spiro atoms. The summed E-state index contributed by atoms with van der Waals surface area (Å²) in [5.74, 6) is 0.688. The summed E-state index contributed by atoms with van der Waals surface area (Å²) in [7, 11) is 0. The number of rotatable bonds is 5. The zero-order valence-corrected chi connectivity index (χ0v) is 13.0. The Morgan fingerprint density at radius 2 is 1.81 bits per heavy atom. The summed E-state index contributed by atoms with van der Waals surface area (Å²) in [5.41, 5.74) is 1.43. The van der Waals surface area contributed by atoms with Gasteiger partial charge >= 0.3 is 0 Å². The van der Waals surface area contributed by atoms with E-state index in [4.69, 9.17) is 27.9 Å². The summed E-state index contributed by atoms with van der Waals surface area (Å²) < 4.78 is 5.36. The molecule has 4 heteroatoms. The maximum Gasteiger partial charge on any atom is 0.185 e. The molecule has 0 heterocycles. The summed E-state index contributed by atoms with van der Waals surface area (Å²) in [4.78, 5) is 12.0. The molecule has 0 fully saturated rings. The average Bonchev–Trinajstić information content (AvgIpc) is 2.49. The minimum Gasteiger partial charge on any atom is -0.494 e. The fourth-order valence-corrected chi connectivity index (χ4v) is 2.06. The predicted octanol–water partition coefficient (Wildman–Crippen LogP) is 5.29. The third-order valence-electron chi connectivity index (χ3n) is 2.82. The standard InChI is InChI=1S/C17H14Cl2O2/c1-2-21-14-7-3-12(4-8-14)5-10-17(20)13-6-9-15(18)16(19)11-13/h3-11H,2H2,1H3. The van der Waals surface area contributed by atoms with E-state index in [9.17, 15) is 4.79 Å². The van der Waals surface area contributed by atoms with Crippen LogP contribution in [0.2, 0.25) is 10.0 Å². The number of carbonyl (C=O) groups is 1. The molecule has 0 aliphatic heterocycles. The highest BCUT2D eigenvalue weighted by molar-refractivity contribution is 6.42. The number of ketones is 1. The van der Waals surface area contributed by atoms with Crippen molar-refractivity contribution in [1.82, 2.24) is 0 Å². The van der Waals surface area contributed by atoms with Crippen LogP contribution in [-0.4, -0.2) is 12.4 Å². The van der Waals surface area contributed by atoms with Crippen LogP contribution in [0.15, 0.2) is 48.5 Å². The molecular weight excluding hydrogens is 307 g/mol. The zero-order valence-electron chi connectivity index (χ0n) is 11.5. The van der Waals surface area contributed by atoms with Gasteiger partial charge in [-0.25, -0.2) is 0 Å². The lowest BCUT2D eigenvalue weighted by Crippen LogP contribution is -1.94. The molecular formula is C17H14Cl2O2. The van der Waals surface area contributed by atoms with E-state index < -0.39 is 0 Å². The molecule has 0 N–H and O–H groups in total. The van der Waals surface area contributed by atoms with Gasteiger partial charge in [0.25, 0.3) is 0 Å². The Bertz CT molecular complexity index is 661. The fraction of sp³-hybridized carbons (Fsp3) is 0.118. The van der Waals surface area contributed by atoms with Crippen LogP contribution in [0, 0.1) is 0 Å². The second-order valence-corrected chi connectivity index (χ2v) is 5.14. The minimum absolute atomic E-state index is 0.123. The predicted molar refractivity (Wildman–Crippen MR) is 87.4 cm³/mol. The van der Waals surface area contributed by atoms with E-state index >= 15 is 0 Å². The summed E-state index contributed by atoms with van der Waals surface area (Å²) in [6.45, 7) is 2.56. The number of allylic oxidation sites excluding steroid dienone is 1. The van der Waals surface area contributed by atoms with Gasteiger partial charge in [-0.1, -0.05) is 41.4 Å². The van der Waals surface area contributed by atoms with Gasteiger partial charge < -0.3 is 4.74 Å². The first-order chi connectivity index (χ1) is 10.1. The zero-order chi connectivity index (χ0) is 15.2. The first-order valence-corrected chi connectivity index (χ1v) is 7.26. The normalized spacial score (nSPS) is 10.8. The number of ether oxygens (including phenoxy) is 1. The van der Waals surface area contributed by atoms with Gasteiger partial charge in [-0.2, -0.15) is 0 Å². The van der Waals surface area contributed by atoms with E-state index in [1.54, 1.807) is 24.3 Å². The van der Waals surface area contributed by atoms with Crippen molar-refractivity contribution in [2.45, 2.75) is 6.92 Å². The van der Waals surface area contributed by atoms with E-state index in [0.717, 1.165) is 11.3 Å². The summed E-state index contributed by atoms with van der Waals surface area (Å²) in [6, 6.07) is 12.3. The monoisotopic (exact) mass is 320 g/mol. The van der Waals surface area contributed by atoms with E-state index in [1.165, 1.54) is 6.08 Å². The molecule has 0 saturated heterocycles. The first-order valence-electron chi connectivity index (χ1n) is 6.50. The maximum atomic E-state index is 12.0. The lowest BCUT2D eigenvalue weighted by atomic mass is 10.1. The molecule has 0 aliphatic carbocycles. The molecule has 0 bridgehead atoms. The molecule has 0 aromatic heterocycles. The molecule has 0 saturated carbocycles. The van der Waals surface area contributed by atoms with Crippen LogP contribution in [0.4, 0.5) is 0 Å². The smallest absolute Gasteiger partial charge is 0.185 e. The lowest BCUT2D eigenvalue weighted by molar-refractivity contribution is 0.104. The Morgan fingerprint density at radius 1 is 1.10 bits per heavy atom. The van der Waals surface area contributed by atoms with Crippen molar-refractivity contribution in [3.8, 4) is 5.75 Å². The molecule has 0 aliphatic rings. The number of hydrogen-bond donors (Lipinski definition) is 0. The van der Waals surface area contributed by atoms with E-state index in [2.05, 4.69) is 0 Å². The molecule has 0 unspecified atom stereocenters. The SMILES string of the molecule is CCOc1ccc(C=CC(=O)c2ccc(Cl)c(Cl)c2)cc1. The van der Waals surface area contributed by atoms with Crippen LogP contribution in [0.5, 0.6) is 5.75 Å². The maximum absolute atomic E-state index is 12.0. The van der Waals surface area contributed by atoms with Crippen molar-refractivity contribution in [3.63, 3.8) is 0 Å². The van der Waals surface area contributed by atoms with Gasteiger partial charge in [0, 0.05) is 5.56 Å². The highest BCUT2D eigenvalue weighted by atomic mass is 35.5. The van der Waals surface area contributed by atoms with Crippen LogP contribution >= 0.6 is 23.2 Å². The summed E-state index contributed by atoms with van der Waals surface area (Å²) in [5, 5.41) is 0.806. The minimum atomic E-state index is -0.123. The third-order valence-corrected chi connectivity index (χ3v) is 3.56. The molecule has 2 aromatic carbocycles. The van der Waals surface area contributed by atoms with Crippen LogP contribution in [0.3, 0.4) is 0 Å². The molecule has 2 rings (SSSR count). The molecule has 0 radical (unpaired) electrons. The second-order valence-electron chi connectivity index (χ2n) is 4.33. The van der Waals surface area contributed by atoms with Gasteiger partial charge in [-0.15, -0.1) is 0 Å². The number of benzene rings is 2. The van der Waals surface area contributed by atoms with Crippen molar-refractivity contribution >= 4 is 35.1 Å². The quantitative estimate of drug-likeness (QED) is 0.552. The largest absolute Gasteiger partial charge is 0.494 e. The third kappa shape index (κ3) is 4.35. The molecule has 2 aromatic rings. The van der Waals surface area contributed by atoms with Crippen LogP contribution < -0.4 is 4.74 Å². The Balaban J connectivity index is 2.09. The number of halogens is 2. The Hall–Kier alpha value is -1.77. The van der Waals surface area contributed by atoms with Crippen LogP contribution in [0.1, 0.15) is 22.8 Å². The fourth-order valence-electron chi connectivity index (χ4n) is 1.76. The number of carbonyl (C=O) groups excluding carboxylic acids is 1. The van der Waals surface area contributed by atoms with Gasteiger partial charge in [0.2, 0.25) is 0 Å². The van der Waals surface area contributed by atoms with Gasteiger partial charge in [0.05, 0.1) is 16.7 Å². The number of hydrogen-bond acceptors (Lipinski definition) is 2. The first kappa shape index (κ1) is 15.6. The van der Waals surface area contributed by atoms with Crippen molar-refractivity contribution in [1.29, 1.82) is 0 Å². The van der Waals surface area contributed by atoms with Gasteiger partial charge in [-0.05, 0) is 48.9 Å². The van der Waals surface area contributed by atoms with Crippen LogP contribution in [0.25, 0.3) is 6.08 Å². The topological polar surface area (TPSA) is 26.3 Å². The van der Waals surface area contributed by atoms with E-state index in [1.807, 2.05) is 31.2 Å². The van der Waals surface area contributed by atoms with E-state index in [-0.39, 0.29) is 5.78 Å². The van der Waals surface area contributed by atoms with Crippen molar-refractivity contribution in [2.24, 2.45) is 0 Å². The van der Waals surface area contributed by atoms with Crippen LogP contribution in [-0.2, 0) is 0 Å². The Labute approximate surface area is 134 Å². The highest BCUT2D eigenvalue weighted by Gasteiger charge is 2.05. The van der Waals surface area contributed by atoms with Crippen molar-refractivity contribution in [3.05, 3.63) is 69.7 Å².